The smallest absolute Gasteiger partial charge is 0.278 e. The topological polar surface area (TPSA) is 70.7 Å². The summed E-state index contributed by atoms with van der Waals surface area (Å²) >= 11 is 7.60. The molecular weight excluding hydrogens is 308 g/mol. The Hall–Kier alpha value is -1.84. The number of carbonyl (C=O) groups is 1. The Labute approximate surface area is 131 Å². The van der Waals surface area contributed by atoms with Crippen LogP contribution in [0.15, 0.2) is 0 Å². The largest absolute Gasteiger partial charge is 0.311 e. The number of halogens is 1. The average molecular weight is 321 g/mol. The van der Waals surface area contributed by atoms with E-state index in [0.29, 0.717) is 15.6 Å². The molecule has 0 unspecified atom stereocenters. The van der Waals surface area contributed by atoms with Crippen LogP contribution in [0.2, 0.25) is 5.02 Å². The first kappa shape index (κ1) is 14.1. The summed E-state index contributed by atoms with van der Waals surface area (Å²) < 4.78 is 1.57. The number of nitrogens with one attached hydrogen (secondary N) is 1. The molecule has 3 rings (SSSR count). The summed E-state index contributed by atoms with van der Waals surface area (Å²) in [5, 5.41) is 17.2. The fraction of sp³-hybridized carbons (Fsp3) is 0.357. The Morgan fingerprint density at radius 3 is 2.90 bits per heavy atom. The number of nitrogens with zero attached hydrogens (tertiary/aromatic N) is 3. The van der Waals surface area contributed by atoms with E-state index in [4.69, 9.17) is 11.6 Å². The van der Waals surface area contributed by atoms with Gasteiger partial charge in [0.05, 0.1) is 16.3 Å². The van der Waals surface area contributed by atoms with Crippen LogP contribution in [0.25, 0.3) is 0 Å². The zero-order valence-corrected chi connectivity index (χ0v) is 13.2. The van der Waals surface area contributed by atoms with Gasteiger partial charge in [0.25, 0.3) is 5.91 Å². The van der Waals surface area contributed by atoms with Crippen molar-refractivity contribution < 1.29 is 4.79 Å². The van der Waals surface area contributed by atoms with Gasteiger partial charge < -0.3 is 5.32 Å². The molecule has 0 spiro atoms. The molecule has 2 heterocycles. The molecule has 0 fully saturated rings. The van der Waals surface area contributed by atoms with Crippen LogP contribution in [0.4, 0.5) is 5.00 Å². The zero-order valence-electron chi connectivity index (χ0n) is 11.7. The van der Waals surface area contributed by atoms with Crippen molar-refractivity contribution in [3.8, 4) is 6.07 Å². The number of amides is 1. The quantitative estimate of drug-likeness (QED) is 0.924. The molecule has 0 bridgehead atoms. The lowest BCUT2D eigenvalue weighted by Crippen LogP contribution is -2.13. The van der Waals surface area contributed by atoms with E-state index in [1.54, 1.807) is 18.7 Å². The maximum atomic E-state index is 12.3. The molecule has 0 atom stereocenters. The number of thiophene rings is 1. The molecule has 5 nitrogen and oxygen atoms in total. The molecule has 0 saturated carbocycles. The Balaban J connectivity index is 1.92. The Kier molecular flexibility index (Phi) is 3.47. The van der Waals surface area contributed by atoms with Gasteiger partial charge in [0.15, 0.2) is 5.69 Å². The predicted octanol–water partition coefficient (Wildman–Crippen LogP) is 3.06. The summed E-state index contributed by atoms with van der Waals surface area (Å²) in [6.07, 6.45) is 2.97. The van der Waals surface area contributed by atoms with Crippen molar-refractivity contribution in [2.45, 2.75) is 26.2 Å². The number of rotatable bonds is 2. The first-order valence-electron chi connectivity index (χ1n) is 6.58. The molecular formula is C14H13ClN4OS. The Morgan fingerprint density at radius 1 is 1.52 bits per heavy atom. The Bertz CT molecular complexity index is 784. The first-order chi connectivity index (χ1) is 10.0. The summed E-state index contributed by atoms with van der Waals surface area (Å²) in [6, 6.07) is 2.20. The molecule has 1 amide bonds. The van der Waals surface area contributed by atoms with E-state index in [1.165, 1.54) is 16.2 Å². The van der Waals surface area contributed by atoms with Crippen LogP contribution < -0.4 is 5.32 Å². The van der Waals surface area contributed by atoms with Gasteiger partial charge in [-0.25, -0.2) is 0 Å². The number of hydrogen-bond acceptors (Lipinski definition) is 4. The van der Waals surface area contributed by atoms with Gasteiger partial charge in [0, 0.05) is 11.9 Å². The van der Waals surface area contributed by atoms with Crippen LogP contribution in [0.5, 0.6) is 0 Å². The van der Waals surface area contributed by atoms with Crippen molar-refractivity contribution in [2.24, 2.45) is 7.05 Å². The van der Waals surface area contributed by atoms with E-state index in [9.17, 15) is 10.1 Å². The van der Waals surface area contributed by atoms with E-state index in [1.807, 2.05) is 0 Å². The highest BCUT2D eigenvalue weighted by atomic mass is 35.5. The Morgan fingerprint density at radius 2 is 2.29 bits per heavy atom. The molecule has 1 aliphatic carbocycles. The minimum Gasteiger partial charge on any atom is -0.311 e. The standard InChI is InChI=1S/C14H13ClN4OS/c1-7-11(15)12(18-19(7)2)13(20)17-14-9(6-16)8-4-3-5-10(8)21-14/h3-5H2,1-2H3,(H,17,20). The average Bonchev–Trinajstić information content (AvgIpc) is 3.08. The third-order valence-electron chi connectivity index (χ3n) is 3.74. The maximum absolute atomic E-state index is 12.3. The van der Waals surface area contributed by atoms with Gasteiger partial charge in [-0.05, 0) is 31.7 Å². The molecule has 0 aliphatic heterocycles. The summed E-state index contributed by atoms with van der Waals surface area (Å²) in [5.41, 5.74) is 2.59. The van der Waals surface area contributed by atoms with E-state index >= 15 is 0 Å². The number of fused-ring (bicyclic) bond motifs is 1. The summed E-state index contributed by atoms with van der Waals surface area (Å²) in [7, 11) is 1.73. The van der Waals surface area contributed by atoms with Gasteiger partial charge in [0.1, 0.15) is 11.1 Å². The second kappa shape index (κ2) is 5.17. The van der Waals surface area contributed by atoms with Gasteiger partial charge in [-0.1, -0.05) is 11.6 Å². The highest BCUT2D eigenvalue weighted by Gasteiger charge is 2.25. The predicted molar refractivity (Wildman–Crippen MR) is 82.0 cm³/mol. The van der Waals surface area contributed by atoms with Gasteiger partial charge in [-0.2, -0.15) is 10.4 Å². The van der Waals surface area contributed by atoms with E-state index in [-0.39, 0.29) is 11.6 Å². The van der Waals surface area contributed by atoms with E-state index in [2.05, 4.69) is 16.5 Å². The molecule has 21 heavy (non-hydrogen) atoms. The van der Waals surface area contributed by atoms with Gasteiger partial charge in [-0.3, -0.25) is 9.48 Å². The van der Waals surface area contributed by atoms with Crippen LogP contribution in [0.3, 0.4) is 0 Å². The van der Waals surface area contributed by atoms with Crippen molar-refractivity contribution in [1.82, 2.24) is 9.78 Å². The summed E-state index contributed by atoms with van der Waals surface area (Å²) in [5.74, 6) is -0.375. The third-order valence-corrected chi connectivity index (χ3v) is 5.40. The van der Waals surface area contributed by atoms with Crippen LogP contribution >= 0.6 is 22.9 Å². The molecule has 2 aromatic heterocycles. The summed E-state index contributed by atoms with van der Waals surface area (Å²) in [4.78, 5) is 13.5. The number of aromatic nitrogens is 2. The maximum Gasteiger partial charge on any atom is 0.278 e. The molecule has 1 N–H and O–H groups in total. The van der Waals surface area contributed by atoms with Crippen LogP contribution in [-0.4, -0.2) is 15.7 Å². The van der Waals surface area contributed by atoms with Crippen molar-refractivity contribution >= 4 is 33.8 Å². The minimum absolute atomic E-state index is 0.189. The minimum atomic E-state index is -0.375. The molecule has 1 aliphatic rings. The molecule has 0 saturated heterocycles. The molecule has 2 aromatic rings. The summed E-state index contributed by atoms with van der Waals surface area (Å²) in [6.45, 7) is 1.80. The second-order valence-corrected chi connectivity index (χ2v) is 6.48. The van der Waals surface area contributed by atoms with Gasteiger partial charge in [-0.15, -0.1) is 11.3 Å². The highest BCUT2D eigenvalue weighted by Crippen LogP contribution is 2.38. The van der Waals surface area contributed by atoms with E-state index < -0.39 is 0 Å². The lowest BCUT2D eigenvalue weighted by Gasteiger charge is -2.02. The fourth-order valence-electron chi connectivity index (χ4n) is 2.50. The van der Waals surface area contributed by atoms with Crippen molar-refractivity contribution in [1.29, 1.82) is 5.26 Å². The first-order valence-corrected chi connectivity index (χ1v) is 7.77. The van der Waals surface area contributed by atoms with E-state index in [0.717, 1.165) is 30.5 Å². The van der Waals surface area contributed by atoms with Gasteiger partial charge >= 0.3 is 0 Å². The number of anilines is 1. The van der Waals surface area contributed by atoms with Crippen LogP contribution in [0.1, 0.15) is 38.6 Å². The number of carbonyl (C=O) groups excluding carboxylic acids is 1. The highest BCUT2D eigenvalue weighted by molar-refractivity contribution is 7.16. The number of aryl methyl sites for hydroxylation is 2. The van der Waals surface area contributed by atoms with Crippen molar-refractivity contribution in [3.63, 3.8) is 0 Å². The lowest BCUT2D eigenvalue weighted by atomic mass is 10.1. The van der Waals surface area contributed by atoms with Crippen molar-refractivity contribution in [3.05, 3.63) is 32.4 Å². The molecule has 7 heteroatoms. The lowest BCUT2D eigenvalue weighted by molar-refractivity contribution is 0.102. The molecule has 0 radical (unpaired) electrons. The van der Waals surface area contributed by atoms with Crippen molar-refractivity contribution in [2.75, 3.05) is 5.32 Å². The fourth-order valence-corrected chi connectivity index (χ4v) is 3.98. The monoisotopic (exact) mass is 320 g/mol. The van der Waals surface area contributed by atoms with Gasteiger partial charge in [0.2, 0.25) is 0 Å². The van der Waals surface area contributed by atoms with Crippen LogP contribution in [-0.2, 0) is 19.9 Å². The normalized spacial score (nSPS) is 13.0. The van der Waals surface area contributed by atoms with Crippen LogP contribution in [0, 0.1) is 18.3 Å². The third kappa shape index (κ3) is 2.23. The molecule has 108 valence electrons. The SMILES string of the molecule is Cc1c(Cl)c(C(=O)Nc2sc3c(c2C#N)CCC3)nn1C. The second-order valence-electron chi connectivity index (χ2n) is 5.00. The molecule has 0 aromatic carbocycles. The zero-order chi connectivity index (χ0) is 15.1. The number of hydrogen-bond donors (Lipinski definition) is 1. The number of nitriles is 1.